The molecule has 2 aromatic rings. The molecular formula is C16H17FN2O2. The van der Waals surface area contributed by atoms with Crippen LogP contribution in [0.2, 0.25) is 0 Å². The van der Waals surface area contributed by atoms with Crippen LogP contribution >= 0.6 is 0 Å². The Kier molecular flexibility index (Phi) is 3.73. The summed E-state index contributed by atoms with van der Waals surface area (Å²) in [5.41, 5.74) is 0.248. The third-order valence-electron chi connectivity index (χ3n) is 3.99. The van der Waals surface area contributed by atoms with Crippen molar-refractivity contribution in [1.29, 1.82) is 0 Å². The van der Waals surface area contributed by atoms with Crippen molar-refractivity contribution in [2.45, 2.75) is 38.1 Å². The first kappa shape index (κ1) is 13.8. The SMILES string of the molecule is O=C(NC1CCCCC1)c1cc(=O)[nH]c2cc(F)ccc12. The lowest BCUT2D eigenvalue weighted by molar-refractivity contribution is 0.0929. The molecule has 4 nitrogen and oxygen atoms in total. The minimum Gasteiger partial charge on any atom is -0.349 e. The first-order chi connectivity index (χ1) is 10.1. The molecule has 0 radical (unpaired) electrons. The maximum atomic E-state index is 13.3. The predicted octanol–water partition coefficient (Wildman–Crippen LogP) is 2.73. The number of benzene rings is 1. The van der Waals surface area contributed by atoms with Crippen LogP contribution in [0.1, 0.15) is 42.5 Å². The van der Waals surface area contributed by atoms with E-state index in [0.717, 1.165) is 25.7 Å². The average Bonchev–Trinajstić information content (AvgIpc) is 2.47. The first-order valence-corrected chi connectivity index (χ1v) is 7.27. The number of hydrogen-bond donors (Lipinski definition) is 2. The summed E-state index contributed by atoms with van der Waals surface area (Å²) in [6, 6.07) is 5.49. The second kappa shape index (κ2) is 5.68. The number of H-pyrrole nitrogens is 1. The van der Waals surface area contributed by atoms with Gasteiger partial charge in [0.1, 0.15) is 5.82 Å². The van der Waals surface area contributed by atoms with Gasteiger partial charge in [0, 0.05) is 17.5 Å². The molecule has 0 unspecified atom stereocenters. The lowest BCUT2D eigenvalue weighted by atomic mass is 9.95. The highest BCUT2D eigenvalue weighted by Crippen LogP contribution is 2.20. The van der Waals surface area contributed by atoms with Gasteiger partial charge in [-0.15, -0.1) is 0 Å². The molecule has 3 rings (SSSR count). The third-order valence-corrected chi connectivity index (χ3v) is 3.99. The zero-order chi connectivity index (χ0) is 14.8. The molecule has 0 saturated heterocycles. The van der Waals surface area contributed by atoms with Gasteiger partial charge in [-0.2, -0.15) is 0 Å². The number of halogens is 1. The molecule has 0 atom stereocenters. The van der Waals surface area contributed by atoms with Gasteiger partial charge in [0.15, 0.2) is 0 Å². The van der Waals surface area contributed by atoms with E-state index in [1.54, 1.807) is 0 Å². The minimum absolute atomic E-state index is 0.168. The van der Waals surface area contributed by atoms with Crippen molar-refractivity contribution in [1.82, 2.24) is 10.3 Å². The van der Waals surface area contributed by atoms with Gasteiger partial charge in [-0.1, -0.05) is 19.3 Å². The van der Waals surface area contributed by atoms with Crippen LogP contribution in [0.4, 0.5) is 4.39 Å². The fraction of sp³-hybridized carbons (Fsp3) is 0.375. The molecule has 1 saturated carbocycles. The lowest BCUT2D eigenvalue weighted by Crippen LogP contribution is -2.36. The second-order valence-electron chi connectivity index (χ2n) is 5.55. The van der Waals surface area contributed by atoms with Crippen molar-refractivity contribution < 1.29 is 9.18 Å². The molecule has 0 spiro atoms. The number of carbonyl (C=O) groups excluding carboxylic acids is 1. The Balaban J connectivity index is 1.95. The van der Waals surface area contributed by atoms with Crippen molar-refractivity contribution >= 4 is 16.8 Å². The molecule has 1 fully saturated rings. The Morgan fingerprint density at radius 3 is 2.71 bits per heavy atom. The normalized spacial score (nSPS) is 16.0. The number of aromatic nitrogens is 1. The number of nitrogens with one attached hydrogen (secondary N) is 2. The van der Waals surface area contributed by atoms with Crippen LogP contribution < -0.4 is 10.9 Å². The largest absolute Gasteiger partial charge is 0.349 e. The van der Waals surface area contributed by atoms with E-state index in [9.17, 15) is 14.0 Å². The van der Waals surface area contributed by atoms with Crippen LogP contribution in [0.5, 0.6) is 0 Å². The van der Waals surface area contributed by atoms with Gasteiger partial charge in [-0.05, 0) is 31.0 Å². The first-order valence-electron chi connectivity index (χ1n) is 7.27. The van der Waals surface area contributed by atoms with Crippen molar-refractivity contribution in [3.8, 4) is 0 Å². The number of hydrogen-bond acceptors (Lipinski definition) is 2. The van der Waals surface area contributed by atoms with Gasteiger partial charge >= 0.3 is 0 Å². The van der Waals surface area contributed by atoms with Gasteiger partial charge in [-0.3, -0.25) is 9.59 Å². The lowest BCUT2D eigenvalue weighted by Gasteiger charge is -2.23. The van der Waals surface area contributed by atoms with Crippen LogP contribution in [0.25, 0.3) is 10.9 Å². The Morgan fingerprint density at radius 1 is 1.19 bits per heavy atom. The maximum absolute atomic E-state index is 13.3. The number of fused-ring (bicyclic) bond motifs is 1. The van der Waals surface area contributed by atoms with Gasteiger partial charge < -0.3 is 10.3 Å². The fourth-order valence-electron chi connectivity index (χ4n) is 2.93. The van der Waals surface area contributed by atoms with Crippen molar-refractivity contribution in [2.75, 3.05) is 0 Å². The van der Waals surface area contributed by atoms with Crippen LogP contribution in [-0.2, 0) is 0 Å². The summed E-state index contributed by atoms with van der Waals surface area (Å²) >= 11 is 0. The quantitative estimate of drug-likeness (QED) is 0.892. The third kappa shape index (κ3) is 2.96. The Labute approximate surface area is 121 Å². The summed E-state index contributed by atoms with van der Waals surface area (Å²) in [5, 5.41) is 3.54. The van der Waals surface area contributed by atoms with Gasteiger partial charge in [-0.25, -0.2) is 4.39 Å². The molecule has 21 heavy (non-hydrogen) atoms. The topological polar surface area (TPSA) is 62.0 Å². The Hall–Kier alpha value is -2.17. The van der Waals surface area contributed by atoms with Crippen LogP contribution in [0.3, 0.4) is 0 Å². The van der Waals surface area contributed by atoms with E-state index in [1.165, 1.54) is 30.7 Å². The molecular weight excluding hydrogens is 271 g/mol. The molecule has 1 aromatic carbocycles. The molecule has 0 bridgehead atoms. The van der Waals surface area contributed by atoms with Gasteiger partial charge in [0.2, 0.25) is 5.56 Å². The number of rotatable bonds is 2. The fourth-order valence-corrected chi connectivity index (χ4v) is 2.93. The predicted molar refractivity (Wildman–Crippen MR) is 78.9 cm³/mol. The highest BCUT2D eigenvalue weighted by Gasteiger charge is 2.18. The highest BCUT2D eigenvalue weighted by molar-refractivity contribution is 6.06. The average molecular weight is 288 g/mol. The summed E-state index contributed by atoms with van der Waals surface area (Å²) in [5.74, 6) is -0.701. The molecule has 2 N–H and O–H groups in total. The molecule has 1 aromatic heterocycles. The Morgan fingerprint density at radius 2 is 1.95 bits per heavy atom. The van der Waals surface area contributed by atoms with E-state index in [4.69, 9.17) is 0 Å². The van der Waals surface area contributed by atoms with E-state index >= 15 is 0 Å². The number of pyridine rings is 1. The summed E-state index contributed by atoms with van der Waals surface area (Å²) in [6.45, 7) is 0. The van der Waals surface area contributed by atoms with Gasteiger partial charge in [0.05, 0.1) is 11.1 Å². The standard InChI is InChI=1S/C16H17FN2O2/c17-10-6-7-12-13(9-15(20)19-14(12)8-10)16(21)18-11-4-2-1-3-5-11/h6-9,11H,1-5H2,(H,18,21)(H,19,20). The molecule has 1 aliphatic rings. The molecule has 1 amide bonds. The summed E-state index contributed by atoms with van der Waals surface area (Å²) in [4.78, 5) is 26.6. The van der Waals surface area contributed by atoms with Crippen LogP contribution in [-0.4, -0.2) is 16.9 Å². The van der Waals surface area contributed by atoms with Crippen molar-refractivity contribution in [3.63, 3.8) is 0 Å². The smallest absolute Gasteiger partial charge is 0.252 e. The minimum atomic E-state index is -0.442. The summed E-state index contributed by atoms with van der Waals surface area (Å²) in [7, 11) is 0. The molecule has 1 heterocycles. The van der Waals surface area contributed by atoms with Crippen LogP contribution in [0.15, 0.2) is 29.1 Å². The molecule has 0 aliphatic heterocycles. The Bertz CT molecular complexity index is 733. The maximum Gasteiger partial charge on any atom is 0.252 e. The summed E-state index contributed by atoms with van der Waals surface area (Å²) < 4.78 is 13.3. The van der Waals surface area contributed by atoms with Gasteiger partial charge in [0.25, 0.3) is 5.91 Å². The van der Waals surface area contributed by atoms with E-state index in [-0.39, 0.29) is 11.9 Å². The zero-order valence-electron chi connectivity index (χ0n) is 11.6. The van der Waals surface area contributed by atoms with Crippen molar-refractivity contribution in [3.05, 3.63) is 46.0 Å². The zero-order valence-corrected chi connectivity index (χ0v) is 11.6. The highest BCUT2D eigenvalue weighted by atomic mass is 19.1. The molecule has 1 aliphatic carbocycles. The summed E-state index contributed by atoms with van der Waals surface area (Å²) in [6.07, 6.45) is 5.39. The van der Waals surface area contributed by atoms with Crippen LogP contribution in [0, 0.1) is 5.82 Å². The number of aromatic amines is 1. The van der Waals surface area contributed by atoms with E-state index in [2.05, 4.69) is 10.3 Å². The van der Waals surface area contributed by atoms with E-state index in [0.29, 0.717) is 16.5 Å². The molecule has 110 valence electrons. The second-order valence-corrected chi connectivity index (χ2v) is 5.55. The number of carbonyl (C=O) groups is 1. The number of amides is 1. The van der Waals surface area contributed by atoms with E-state index in [1.807, 2.05) is 0 Å². The van der Waals surface area contributed by atoms with Crippen molar-refractivity contribution in [2.24, 2.45) is 0 Å². The monoisotopic (exact) mass is 288 g/mol. The molecule has 5 heteroatoms. The van der Waals surface area contributed by atoms with E-state index < -0.39 is 11.4 Å².